The first-order valence-corrected chi connectivity index (χ1v) is 3.65. The molecule has 0 fully saturated rings. The normalized spacial score (nSPS) is 13.3. The first-order valence-electron chi connectivity index (χ1n) is 3.65. The standard InChI is InChI=1S/C9H7NO2.Na/c1-5-3-2-4-6-7(5)9(12)10-8(6)11;/h2-4H,1H3,(H,10,11,12);. The van der Waals surface area contributed by atoms with E-state index in [-0.39, 0.29) is 41.4 Å². The second-order valence-electron chi connectivity index (χ2n) is 2.78. The van der Waals surface area contributed by atoms with Gasteiger partial charge in [-0.25, -0.2) is 0 Å². The Hall–Kier alpha value is -0.640. The Kier molecular flexibility index (Phi) is 2.91. The van der Waals surface area contributed by atoms with E-state index < -0.39 is 0 Å². The van der Waals surface area contributed by atoms with E-state index in [9.17, 15) is 9.59 Å². The van der Waals surface area contributed by atoms with Crippen LogP contribution < -0.4 is 5.32 Å². The molecule has 0 aliphatic carbocycles. The number of aryl methyl sites for hydroxylation is 1. The number of imide groups is 1. The monoisotopic (exact) mass is 184 g/mol. The van der Waals surface area contributed by atoms with Crippen molar-refractivity contribution >= 4 is 41.4 Å². The fourth-order valence-electron chi connectivity index (χ4n) is 1.39. The summed E-state index contributed by atoms with van der Waals surface area (Å²) in [5.41, 5.74) is 1.85. The largest absolute Gasteiger partial charge is 0.288 e. The summed E-state index contributed by atoms with van der Waals surface area (Å²) in [6.45, 7) is 1.82. The molecule has 3 nitrogen and oxygen atoms in total. The number of amides is 2. The first kappa shape index (κ1) is 10.4. The summed E-state index contributed by atoms with van der Waals surface area (Å²) in [5, 5.41) is 2.25. The van der Waals surface area contributed by atoms with E-state index in [1.807, 2.05) is 13.0 Å². The Morgan fingerprint density at radius 2 is 1.85 bits per heavy atom. The molecular formula is C9H7NNaO2. The van der Waals surface area contributed by atoms with E-state index in [0.717, 1.165) is 5.56 Å². The number of carbonyl (C=O) groups is 2. The molecule has 0 aromatic heterocycles. The minimum absolute atomic E-state index is 0. The van der Waals surface area contributed by atoms with E-state index in [2.05, 4.69) is 5.32 Å². The van der Waals surface area contributed by atoms with Crippen LogP contribution in [0.1, 0.15) is 26.3 Å². The van der Waals surface area contributed by atoms with Crippen LogP contribution in [0, 0.1) is 6.92 Å². The first-order chi connectivity index (χ1) is 5.70. The molecule has 61 valence electrons. The van der Waals surface area contributed by atoms with E-state index >= 15 is 0 Å². The van der Waals surface area contributed by atoms with E-state index in [1.165, 1.54) is 0 Å². The number of carbonyl (C=O) groups excluding carboxylic acids is 2. The minimum atomic E-state index is -0.293. The predicted octanol–water partition coefficient (Wildman–Crippen LogP) is 0.498. The predicted molar refractivity (Wildman–Crippen MR) is 48.7 cm³/mol. The average Bonchev–Trinajstić information content (AvgIpc) is 2.29. The molecule has 0 atom stereocenters. The van der Waals surface area contributed by atoms with Crippen molar-refractivity contribution in [1.82, 2.24) is 5.32 Å². The van der Waals surface area contributed by atoms with Crippen molar-refractivity contribution in [2.75, 3.05) is 0 Å². The molecule has 4 heteroatoms. The van der Waals surface area contributed by atoms with E-state index in [1.54, 1.807) is 12.1 Å². The molecular weight excluding hydrogens is 177 g/mol. The molecule has 1 heterocycles. The van der Waals surface area contributed by atoms with Crippen molar-refractivity contribution in [2.24, 2.45) is 0 Å². The Labute approximate surface area is 97.8 Å². The molecule has 1 aliphatic rings. The van der Waals surface area contributed by atoms with Crippen LogP contribution in [0.2, 0.25) is 0 Å². The summed E-state index contributed by atoms with van der Waals surface area (Å²) in [6.07, 6.45) is 0. The Morgan fingerprint density at radius 3 is 2.46 bits per heavy atom. The van der Waals surface area contributed by atoms with Gasteiger partial charge >= 0.3 is 0 Å². The van der Waals surface area contributed by atoms with Crippen LogP contribution in [0.4, 0.5) is 0 Å². The third kappa shape index (κ3) is 1.55. The molecule has 0 bridgehead atoms. The number of benzene rings is 1. The summed E-state index contributed by atoms with van der Waals surface area (Å²) < 4.78 is 0. The van der Waals surface area contributed by atoms with Crippen molar-refractivity contribution < 1.29 is 9.59 Å². The van der Waals surface area contributed by atoms with Gasteiger partial charge < -0.3 is 0 Å². The third-order valence-corrected chi connectivity index (χ3v) is 1.97. The summed E-state index contributed by atoms with van der Waals surface area (Å²) in [7, 11) is 0. The van der Waals surface area contributed by atoms with Gasteiger partial charge in [-0.15, -0.1) is 0 Å². The van der Waals surface area contributed by atoms with Crippen molar-refractivity contribution in [3.63, 3.8) is 0 Å². The summed E-state index contributed by atoms with van der Waals surface area (Å²) in [4.78, 5) is 22.3. The summed E-state index contributed by atoms with van der Waals surface area (Å²) >= 11 is 0. The van der Waals surface area contributed by atoms with E-state index in [4.69, 9.17) is 0 Å². The Morgan fingerprint density at radius 1 is 1.15 bits per heavy atom. The van der Waals surface area contributed by atoms with Gasteiger partial charge in [-0.2, -0.15) is 0 Å². The van der Waals surface area contributed by atoms with Gasteiger partial charge in [-0.05, 0) is 18.6 Å². The van der Waals surface area contributed by atoms with Crippen molar-refractivity contribution in [2.45, 2.75) is 6.92 Å². The topological polar surface area (TPSA) is 46.2 Å². The zero-order valence-electron chi connectivity index (χ0n) is 7.55. The summed E-state index contributed by atoms with van der Waals surface area (Å²) in [5.74, 6) is -0.577. The molecule has 1 aromatic carbocycles. The van der Waals surface area contributed by atoms with Crippen LogP contribution >= 0.6 is 0 Å². The van der Waals surface area contributed by atoms with Gasteiger partial charge in [0.05, 0.1) is 11.1 Å². The average molecular weight is 184 g/mol. The van der Waals surface area contributed by atoms with Crippen LogP contribution in [0.3, 0.4) is 0 Å². The quantitative estimate of drug-likeness (QED) is 0.471. The molecule has 13 heavy (non-hydrogen) atoms. The van der Waals surface area contributed by atoms with Gasteiger partial charge in [0.25, 0.3) is 11.8 Å². The van der Waals surface area contributed by atoms with Gasteiger partial charge in [-0.3, -0.25) is 14.9 Å². The number of nitrogens with one attached hydrogen (secondary N) is 1. The fraction of sp³-hybridized carbons (Fsp3) is 0.111. The second kappa shape index (κ2) is 3.62. The van der Waals surface area contributed by atoms with Crippen molar-refractivity contribution in [3.05, 3.63) is 34.9 Å². The molecule has 1 aliphatic heterocycles. The molecule has 2 amide bonds. The van der Waals surface area contributed by atoms with Gasteiger partial charge in [0.1, 0.15) is 0 Å². The fourth-order valence-corrected chi connectivity index (χ4v) is 1.39. The van der Waals surface area contributed by atoms with Crippen LogP contribution in [0.5, 0.6) is 0 Å². The maximum absolute atomic E-state index is 11.2. The van der Waals surface area contributed by atoms with Crippen LogP contribution in [-0.4, -0.2) is 41.4 Å². The smallest absolute Gasteiger partial charge is 0.259 e. The SMILES string of the molecule is Cc1cccc2c1C(=O)NC2=O.[Na]. The van der Waals surface area contributed by atoms with Gasteiger partial charge in [0.2, 0.25) is 0 Å². The molecule has 0 saturated heterocycles. The number of hydrogen-bond donors (Lipinski definition) is 1. The zero-order valence-corrected chi connectivity index (χ0v) is 9.55. The van der Waals surface area contributed by atoms with Crippen molar-refractivity contribution in [3.8, 4) is 0 Å². The number of hydrogen-bond acceptors (Lipinski definition) is 2. The molecule has 0 unspecified atom stereocenters. The van der Waals surface area contributed by atoms with Gasteiger partial charge in [0.15, 0.2) is 0 Å². The van der Waals surface area contributed by atoms with Crippen LogP contribution in [0.25, 0.3) is 0 Å². The van der Waals surface area contributed by atoms with Gasteiger partial charge in [-0.1, -0.05) is 12.1 Å². The minimum Gasteiger partial charge on any atom is -0.288 e. The molecule has 1 N–H and O–H groups in total. The molecule has 0 saturated carbocycles. The van der Waals surface area contributed by atoms with E-state index in [0.29, 0.717) is 11.1 Å². The van der Waals surface area contributed by atoms with Crippen molar-refractivity contribution in [1.29, 1.82) is 0 Å². The summed E-state index contributed by atoms with van der Waals surface area (Å²) in [6, 6.07) is 5.24. The molecule has 1 aromatic rings. The third-order valence-electron chi connectivity index (χ3n) is 1.97. The Bertz CT molecular complexity index is 387. The van der Waals surface area contributed by atoms with Crippen LogP contribution in [0.15, 0.2) is 18.2 Å². The molecule has 0 spiro atoms. The number of fused-ring (bicyclic) bond motifs is 1. The Balaban J connectivity index is 0.000000845. The second-order valence-corrected chi connectivity index (χ2v) is 2.78. The van der Waals surface area contributed by atoms with Gasteiger partial charge in [0, 0.05) is 29.6 Å². The number of rotatable bonds is 0. The maximum Gasteiger partial charge on any atom is 0.259 e. The molecule has 1 radical (unpaired) electrons. The zero-order chi connectivity index (χ0) is 8.72. The molecule has 2 rings (SSSR count). The van der Waals surface area contributed by atoms with Crippen LogP contribution in [-0.2, 0) is 0 Å². The maximum atomic E-state index is 11.2.